The van der Waals surface area contributed by atoms with Crippen molar-refractivity contribution in [3.8, 4) is 0 Å². The SMILES string of the molecule is C[C@@H](C(=O)NC(c1ccccc1)c1ccccc1)N(c1cccc(F)c1)S(C)(=O)=O. The van der Waals surface area contributed by atoms with Gasteiger partial charge in [0.15, 0.2) is 0 Å². The number of halogens is 1. The molecule has 3 aromatic rings. The number of amides is 1. The molecule has 0 spiro atoms. The van der Waals surface area contributed by atoms with Gasteiger partial charge in [-0.3, -0.25) is 9.10 Å². The first kappa shape index (κ1) is 21.5. The number of hydrogen-bond donors (Lipinski definition) is 1. The summed E-state index contributed by atoms with van der Waals surface area (Å²) >= 11 is 0. The fourth-order valence-electron chi connectivity index (χ4n) is 3.33. The molecule has 1 atom stereocenters. The molecule has 0 aliphatic rings. The molecular formula is C23H23FN2O3S. The van der Waals surface area contributed by atoms with E-state index < -0.39 is 33.8 Å². The predicted octanol–water partition coefficient (Wildman–Crippen LogP) is 3.89. The first-order chi connectivity index (χ1) is 14.3. The molecule has 0 saturated heterocycles. The summed E-state index contributed by atoms with van der Waals surface area (Å²) in [7, 11) is -3.84. The van der Waals surface area contributed by atoms with Gasteiger partial charge in [-0.05, 0) is 36.2 Å². The van der Waals surface area contributed by atoms with Crippen LogP contribution in [0, 0.1) is 5.82 Å². The van der Waals surface area contributed by atoms with Gasteiger partial charge in [-0.25, -0.2) is 12.8 Å². The lowest BCUT2D eigenvalue weighted by molar-refractivity contribution is -0.122. The summed E-state index contributed by atoms with van der Waals surface area (Å²) in [6, 6.07) is 22.4. The van der Waals surface area contributed by atoms with Gasteiger partial charge in [0.1, 0.15) is 11.9 Å². The molecular weight excluding hydrogens is 403 g/mol. The Morgan fingerprint density at radius 1 is 0.900 bits per heavy atom. The number of carbonyl (C=O) groups is 1. The summed E-state index contributed by atoms with van der Waals surface area (Å²) in [5.74, 6) is -1.08. The van der Waals surface area contributed by atoms with Gasteiger partial charge in [-0.15, -0.1) is 0 Å². The number of nitrogens with zero attached hydrogens (tertiary/aromatic N) is 1. The Balaban J connectivity index is 1.94. The average molecular weight is 427 g/mol. The Bertz CT molecular complexity index is 1070. The van der Waals surface area contributed by atoms with Crippen LogP contribution in [0.4, 0.5) is 10.1 Å². The molecule has 1 N–H and O–H groups in total. The molecule has 0 radical (unpaired) electrons. The van der Waals surface area contributed by atoms with Gasteiger partial charge < -0.3 is 5.32 Å². The Labute approximate surface area is 176 Å². The molecule has 0 bridgehead atoms. The van der Waals surface area contributed by atoms with Crippen molar-refractivity contribution in [1.29, 1.82) is 0 Å². The smallest absolute Gasteiger partial charge is 0.244 e. The average Bonchev–Trinajstić information content (AvgIpc) is 2.72. The summed E-state index contributed by atoms with van der Waals surface area (Å²) < 4.78 is 39.5. The van der Waals surface area contributed by atoms with Gasteiger partial charge in [-0.1, -0.05) is 66.7 Å². The van der Waals surface area contributed by atoms with Crippen LogP contribution in [-0.2, 0) is 14.8 Å². The molecule has 0 unspecified atom stereocenters. The monoisotopic (exact) mass is 426 g/mol. The molecule has 0 aromatic heterocycles. The second-order valence-electron chi connectivity index (χ2n) is 6.98. The molecule has 1 amide bonds. The van der Waals surface area contributed by atoms with Crippen LogP contribution in [-0.4, -0.2) is 26.6 Å². The Hall–Kier alpha value is -3.19. The van der Waals surface area contributed by atoms with Crippen molar-refractivity contribution in [3.63, 3.8) is 0 Å². The molecule has 0 heterocycles. The molecule has 30 heavy (non-hydrogen) atoms. The van der Waals surface area contributed by atoms with Gasteiger partial charge in [0.2, 0.25) is 15.9 Å². The maximum Gasteiger partial charge on any atom is 0.244 e. The normalized spacial score (nSPS) is 12.4. The zero-order chi connectivity index (χ0) is 21.7. The minimum Gasteiger partial charge on any atom is -0.343 e. The van der Waals surface area contributed by atoms with Crippen LogP contribution in [0.3, 0.4) is 0 Å². The summed E-state index contributed by atoms with van der Waals surface area (Å²) in [6.07, 6.45) is 0.994. The molecule has 3 rings (SSSR count). The fraction of sp³-hybridized carbons (Fsp3) is 0.174. The first-order valence-electron chi connectivity index (χ1n) is 9.42. The topological polar surface area (TPSA) is 66.5 Å². The largest absolute Gasteiger partial charge is 0.343 e. The minimum atomic E-state index is -3.84. The lowest BCUT2D eigenvalue weighted by atomic mass is 9.98. The number of hydrogen-bond acceptors (Lipinski definition) is 3. The maximum atomic E-state index is 13.7. The van der Waals surface area contributed by atoms with Crippen molar-refractivity contribution in [2.45, 2.75) is 19.0 Å². The fourth-order valence-corrected chi connectivity index (χ4v) is 4.50. The molecule has 0 aliphatic heterocycles. The lowest BCUT2D eigenvalue weighted by Crippen LogP contribution is -2.48. The van der Waals surface area contributed by atoms with E-state index >= 15 is 0 Å². The third kappa shape index (κ3) is 5.04. The first-order valence-corrected chi connectivity index (χ1v) is 11.3. The Kier molecular flexibility index (Phi) is 6.52. The number of rotatable bonds is 7. The van der Waals surface area contributed by atoms with E-state index in [0.29, 0.717) is 0 Å². The molecule has 3 aromatic carbocycles. The molecule has 0 saturated carbocycles. The zero-order valence-corrected chi connectivity index (χ0v) is 17.5. The van der Waals surface area contributed by atoms with Crippen LogP contribution in [0.25, 0.3) is 0 Å². The van der Waals surface area contributed by atoms with Crippen LogP contribution in [0.2, 0.25) is 0 Å². The van der Waals surface area contributed by atoms with Crippen molar-refractivity contribution in [2.75, 3.05) is 10.6 Å². The van der Waals surface area contributed by atoms with Gasteiger partial charge in [0.25, 0.3) is 0 Å². The summed E-state index contributed by atoms with van der Waals surface area (Å²) in [4.78, 5) is 13.1. The highest BCUT2D eigenvalue weighted by atomic mass is 32.2. The van der Waals surface area contributed by atoms with E-state index in [1.54, 1.807) is 0 Å². The Morgan fingerprint density at radius 2 is 1.43 bits per heavy atom. The van der Waals surface area contributed by atoms with Crippen LogP contribution in [0.15, 0.2) is 84.9 Å². The van der Waals surface area contributed by atoms with Crippen molar-refractivity contribution in [2.24, 2.45) is 0 Å². The number of anilines is 1. The number of nitrogens with one attached hydrogen (secondary N) is 1. The molecule has 5 nitrogen and oxygen atoms in total. The third-order valence-corrected chi connectivity index (χ3v) is 5.95. The van der Waals surface area contributed by atoms with E-state index in [4.69, 9.17) is 0 Å². The zero-order valence-electron chi connectivity index (χ0n) is 16.7. The number of sulfonamides is 1. The number of carbonyl (C=O) groups excluding carboxylic acids is 1. The van der Waals surface area contributed by atoms with Crippen molar-refractivity contribution >= 4 is 21.6 Å². The summed E-state index contributed by atoms with van der Waals surface area (Å²) in [5, 5.41) is 2.95. The molecule has 7 heteroatoms. The highest BCUT2D eigenvalue weighted by Gasteiger charge is 2.31. The lowest BCUT2D eigenvalue weighted by Gasteiger charge is -2.30. The molecule has 156 valence electrons. The van der Waals surface area contributed by atoms with Gasteiger partial charge in [-0.2, -0.15) is 0 Å². The van der Waals surface area contributed by atoms with Crippen LogP contribution < -0.4 is 9.62 Å². The Morgan fingerprint density at radius 3 is 1.90 bits per heavy atom. The van der Waals surface area contributed by atoms with E-state index in [0.717, 1.165) is 27.8 Å². The predicted molar refractivity (Wildman–Crippen MR) is 116 cm³/mol. The second-order valence-corrected chi connectivity index (χ2v) is 8.84. The third-order valence-electron chi connectivity index (χ3n) is 4.70. The highest BCUT2D eigenvalue weighted by Crippen LogP contribution is 2.25. The highest BCUT2D eigenvalue weighted by molar-refractivity contribution is 7.92. The van der Waals surface area contributed by atoms with Crippen molar-refractivity contribution in [3.05, 3.63) is 102 Å². The van der Waals surface area contributed by atoms with Gasteiger partial charge >= 0.3 is 0 Å². The van der Waals surface area contributed by atoms with E-state index in [9.17, 15) is 17.6 Å². The van der Waals surface area contributed by atoms with Crippen molar-refractivity contribution < 1.29 is 17.6 Å². The van der Waals surface area contributed by atoms with Crippen LogP contribution in [0.5, 0.6) is 0 Å². The standard InChI is InChI=1S/C23H23FN2O3S/c1-17(26(30(2,28)29)21-15-9-14-20(24)16-21)23(27)25-22(18-10-5-3-6-11-18)19-12-7-4-8-13-19/h3-17,22H,1-2H3,(H,25,27)/t17-/m0/s1. The second kappa shape index (κ2) is 9.09. The molecule has 0 fully saturated rings. The van der Waals surface area contributed by atoms with Gasteiger partial charge in [0, 0.05) is 0 Å². The van der Waals surface area contributed by atoms with E-state index in [-0.39, 0.29) is 5.69 Å². The van der Waals surface area contributed by atoms with E-state index in [1.165, 1.54) is 25.1 Å². The summed E-state index contributed by atoms with van der Waals surface area (Å²) in [6.45, 7) is 1.48. The van der Waals surface area contributed by atoms with Crippen LogP contribution in [0.1, 0.15) is 24.1 Å². The van der Waals surface area contributed by atoms with Crippen molar-refractivity contribution in [1.82, 2.24) is 5.32 Å². The summed E-state index contributed by atoms with van der Waals surface area (Å²) in [5.41, 5.74) is 1.82. The van der Waals surface area contributed by atoms with Gasteiger partial charge in [0.05, 0.1) is 18.0 Å². The van der Waals surface area contributed by atoms with E-state index in [2.05, 4.69) is 5.32 Å². The minimum absolute atomic E-state index is 0.0936. The quantitative estimate of drug-likeness (QED) is 0.623. The van der Waals surface area contributed by atoms with E-state index in [1.807, 2.05) is 60.7 Å². The maximum absolute atomic E-state index is 13.7. The van der Waals surface area contributed by atoms with Crippen LogP contribution >= 0.6 is 0 Å². The molecule has 0 aliphatic carbocycles. The number of benzene rings is 3.